The summed E-state index contributed by atoms with van der Waals surface area (Å²) in [7, 11) is 5.57. The molecule has 0 N–H and O–H groups in total. The van der Waals surface area contributed by atoms with Crippen molar-refractivity contribution < 1.29 is 4.74 Å². The number of rotatable bonds is 1. The summed E-state index contributed by atoms with van der Waals surface area (Å²) < 4.78 is 5.40. The Labute approximate surface area is 58.2 Å². The first-order chi connectivity index (χ1) is 4.24. The lowest BCUT2D eigenvalue weighted by Gasteiger charge is -2.10. The highest BCUT2D eigenvalue weighted by atomic mass is 16.5. The molecule has 1 saturated heterocycles. The second-order valence-electron chi connectivity index (χ2n) is 2.83. The first-order valence-corrected chi connectivity index (χ1v) is 3.65. The zero-order chi connectivity index (χ0) is 6.85. The summed E-state index contributed by atoms with van der Waals surface area (Å²) in [6.45, 7) is 4.33. The van der Waals surface area contributed by atoms with Gasteiger partial charge in [0.2, 0.25) is 0 Å². The molecular weight excluding hydrogens is 111 g/mol. The van der Waals surface area contributed by atoms with Gasteiger partial charge in [0.25, 0.3) is 0 Å². The first kappa shape index (κ1) is 7.14. The molecule has 1 nitrogen and oxygen atoms in total. The molecule has 1 aliphatic heterocycles. The van der Waals surface area contributed by atoms with E-state index < -0.39 is 0 Å². The van der Waals surface area contributed by atoms with Crippen LogP contribution < -0.4 is 0 Å². The Morgan fingerprint density at radius 2 is 2.33 bits per heavy atom. The van der Waals surface area contributed by atoms with Gasteiger partial charge in [0.05, 0.1) is 6.10 Å². The smallest absolute Gasteiger partial charge is 0.109 e. The van der Waals surface area contributed by atoms with Gasteiger partial charge < -0.3 is 4.74 Å². The van der Waals surface area contributed by atoms with E-state index in [0.717, 1.165) is 12.8 Å². The van der Waals surface area contributed by atoms with Crippen molar-refractivity contribution in [2.24, 2.45) is 5.92 Å². The van der Waals surface area contributed by atoms with Gasteiger partial charge in [0.15, 0.2) is 0 Å². The SMILES string of the molecule is [B][C@@H]1C[C@H](C)[C@@H](CC)O1. The van der Waals surface area contributed by atoms with Crippen LogP contribution in [-0.2, 0) is 4.74 Å². The summed E-state index contributed by atoms with van der Waals surface area (Å²) in [6, 6.07) is 0.00458. The first-order valence-electron chi connectivity index (χ1n) is 3.65. The maximum absolute atomic E-state index is 5.57. The summed E-state index contributed by atoms with van der Waals surface area (Å²) in [5.74, 6) is 0.657. The van der Waals surface area contributed by atoms with Gasteiger partial charge >= 0.3 is 0 Å². The molecule has 0 aromatic rings. The molecular formula is C7H13BO. The molecule has 0 unspecified atom stereocenters. The Bertz CT molecular complexity index is 94.9. The fraction of sp³-hybridized carbons (Fsp3) is 1.00. The van der Waals surface area contributed by atoms with E-state index in [1.165, 1.54) is 0 Å². The van der Waals surface area contributed by atoms with Crippen LogP contribution in [0.2, 0.25) is 0 Å². The molecule has 2 radical (unpaired) electrons. The van der Waals surface area contributed by atoms with E-state index >= 15 is 0 Å². The van der Waals surface area contributed by atoms with E-state index in [0.29, 0.717) is 12.0 Å². The second kappa shape index (κ2) is 2.74. The van der Waals surface area contributed by atoms with Crippen molar-refractivity contribution in [3.05, 3.63) is 0 Å². The Balaban J connectivity index is 2.38. The van der Waals surface area contributed by atoms with E-state index in [4.69, 9.17) is 12.6 Å². The lowest BCUT2D eigenvalue weighted by molar-refractivity contribution is 0.0718. The molecule has 1 aliphatic rings. The molecule has 0 aromatic heterocycles. The van der Waals surface area contributed by atoms with Gasteiger partial charge in [-0.1, -0.05) is 13.8 Å². The van der Waals surface area contributed by atoms with Crippen molar-refractivity contribution in [2.75, 3.05) is 0 Å². The largest absolute Gasteiger partial charge is 0.384 e. The van der Waals surface area contributed by atoms with Crippen LogP contribution >= 0.6 is 0 Å². The van der Waals surface area contributed by atoms with Gasteiger partial charge in [-0.15, -0.1) is 0 Å². The standard InChI is InChI=1S/C7H13BO/c1-3-6-5(2)4-7(8)9-6/h5-7H,3-4H2,1-2H3/t5-,6+,7-/m0/s1. The average Bonchev–Trinajstić information content (AvgIpc) is 2.10. The van der Waals surface area contributed by atoms with Crippen molar-refractivity contribution in [2.45, 2.75) is 38.8 Å². The molecule has 1 heterocycles. The molecule has 1 rings (SSSR count). The second-order valence-corrected chi connectivity index (χ2v) is 2.83. The Morgan fingerprint density at radius 1 is 1.67 bits per heavy atom. The van der Waals surface area contributed by atoms with Crippen molar-refractivity contribution >= 4 is 7.85 Å². The van der Waals surface area contributed by atoms with Gasteiger partial charge in [0.1, 0.15) is 7.85 Å². The molecule has 50 valence electrons. The minimum absolute atomic E-state index is 0.00458. The van der Waals surface area contributed by atoms with Crippen LogP contribution in [0.1, 0.15) is 26.7 Å². The van der Waals surface area contributed by atoms with Crippen LogP contribution in [0.5, 0.6) is 0 Å². The Morgan fingerprint density at radius 3 is 2.56 bits per heavy atom. The maximum Gasteiger partial charge on any atom is 0.109 e. The third-order valence-electron chi connectivity index (χ3n) is 1.99. The highest BCUT2D eigenvalue weighted by Crippen LogP contribution is 2.25. The number of ether oxygens (including phenoxy) is 1. The zero-order valence-electron chi connectivity index (χ0n) is 6.13. The summed E-state index contributed by atoms with van der Waals surface area (Å²) in [6.07, 6.45) is 2.54. The maximum atomic E-state index is 5.57. The number of hydrogen-bond donors (Lipinski definition) is 0. The molecule has 2 heteroatoms. The topological polar surface area (TPSA) is 9.23 Å². The third-order valence-corrected chi connectivity index (χ3v) is 1.99. The van der Waals surface area contributed by atoms with Gasteiger partial charge in [0, 0.05) is 6.00 Å². The Hall–Kier alpha value is 0.0249. The molecule has 0 amide bonds. The molecule has 1 fully saturated rings. The molecule has 0 aromatic carbocycles. The van der Waals surface area contributed by atoms with Crippen molar-refractivity contribution in [3.8, 4) is 0 Å². The van der Waals surface area contributed by atoms with Gasteiger partial charge in [-0.05, 0) is 18.8 Å². The highest BCUT2D eigenvalue weighted by molar-refractivity contribution is 6.11. The van der Waals surface area contributed by atoms with Crippen molar-refractivity contribution in [1.29, 1.82) is 0 Å². The molecule has 0 aliphatic carbocycles. The molecule has 0 bridgehead atoms. The van der Waals surface area contributed by atoms with E-state index in [-0.39, 0.29) is 6.00 Å². The minimum atomic E-state index is 0.00458. The average molecular weight is 124 g/mol. The van der Waals surface area contributed by atoms with Crippen molar-refractivity contribution in [3.63, 3.8) is 0 Å². The summed E-state index contributed by atoms with van der Waals surface area (Å²) in [5.41, 5.74) is 0. The lowest BCUT2D eigenvalue weighted by Crippen LogP contribution is -2.12. The van der Waals surface area contributed by atoms with Crippen LogP contribution in [0.4, 0.5) is 0 Å². The molecule has 0 spiro atoms. The normalized spacial score (nSPS) is 43.6. The van der Waals surface area contributed by atoms with Crippen molar-refractivity contribution in [1.82, 2.24) is 0 Å². The van der Waals surface area contributed by atoms with E-state index in [1.807, 2.05) is 0 Å². The van der Waals surface area contributed by atoms with E-state index in [2.05, 4.69) is 13.8 Å². The van der Waals surface area contributed by atoms with Crippen LogP contribution in [-0.4, -0.2) is 20.0 Å². The highest BCUT2D eigenvalue weighted by Gasteiger charge is 2.26. The third kappa shape index (κ3) is 1.48. The van der Waals surface area contributed by atoms with Crippen LogP contribution in [0.15, 0.2) is 0 Å². The Kier molecular flexibility index (Phi) is 2.17. The summed E-state index contributed by atoms with van der Waals surface area (Å²) in [4.78, 5) is 0. The molecule has 0 saturated carbocycles. The van der Waals surface area contributed by atoms with E-state index in [9.17, 15) is 0 Å². The fourth-order valence-electron chi connectivity index (χ4n) is 1.43. The van der Waals surface area contributed by atoms with Gasteiger partial charge in [-0.25, -0.2) is 0 Å². The quantitative estimate of drug-likeness (QED) is 0.479. The van der Waals surface area contributed by atoms with Gasteiger partial charge in [-0.3, -0.25) is 0 Å². The predicted molar refractivity (Wildman–Crippen MR) is 38.5 cm³/mol. The number of hydrogen-bond acceptors (Lipinski definition) is 1. The fourth-order valence-corrected chi connectivity index (χ4v) is 1.43. The van der Waals surface area contributed by atoms with Crippen LogP contribution in [0, 0.1) is 5.92 Å². The molecule has 9 heavy (non-hydrogen) atoms. The monoisotopic (exact) mass is 124 g/mol. The lowest BCUT2D eigenvalue weighted by atomic mass is 9.91. The minimum Gasteiger partial charge on any atom is -0.384 e. The van der Waals surface area contributed by atoms with Gasteiger partial charge in [-0.2, -0.15) is 0 Å². The summed E-state index contributed by atoms with van der Waals surface area (Å²) in [5, 5.41) is 0. The molecule has 3 atom stereocenters. The van der Waals surface area contributed by atoms with Crippen LogP contribution in [0.3, 0.4) is 0 Å². The van der Waals surface area contributed by atoms with Crippen LogP contribution in [0.25, 0.3) is 0 Å². The summed E-state index contributed by atoms with van der Waals surface area (Å²) >= 11 is 0. The predicted octanol–water partition coefficient (Wildman–Crippen LogP) is 1.32. The van der Waals surface area contributed by atoms with E-state index in [1.54, 1.807) is 0 Å². The zero-order valence-corrected chi connectivity index (χ0v) is 6.13.